The molecule has 58 valence electrons. The van der Waals surface area contributed by atoms with Crippen LogP contribution in [0.5, 0.6) is 0 Å². The normalized spacial score (nSPS) is 46.8. The molecule has 2 bridgehead atoms. The second-order valence-corrected chi connectivity index (χ2v) is 3.64. The Hall–Kier alpha value is -0.0800. The second kappa shape index (κ2) is 2.21. The summed E-state index contributed by atoms with van der Waals surface area (Å²) >= 11 is 0. The van der Waals surface area contributed by atoms with Crippen LogP contribution in [0.1, 0.15) is 19.3 Å². The Balaban J connectivity index is 2.10. The van der Waals surface area contributed by atoms with E-state index in [1.807, 2.05) is 0 Å². The number of rotatable bonds is 1. The van der Waals surface area contributed by atoms with E-state index in [2.05, 4.69) is 11.9 Å². The largest absolute Gasteiger partial charge is 0.395 e. The summed E-state index contributed by atoms with van der Waals surface area (Å²) < 4.78 is 0. The molecule has 0 aromatic heterocycles. The Bertz CT molecular complexity index is 135. The van der Waals surface area contributed by atoms with Crippen LogP contribution >= 0.6 is 0 Å². The fraction of sp³-hybridized carbons (Fsp3) is 1.00. The van der Waals surface area contributed by atoms with Gasteiger partial charge in [0.1, 0.15) is 0 Å². The number of piperidine rings is 1. The van der Waals surface area contributed by atoms with Crippen molar-refractivity contribution in [1.82, 2.24) is 4.90 Å². The molecule has 2 heteroatoms. The summed E-state index contributed by atoms with van der Waals surface area (Å²) in [5.41, 5.74) is 0. The molecular formula is C8H15NO. The van der Waals surface area contributed by atoms with E-state index in [9.17, 15) is 0 Å². The number of fused-ring (bicyclic) bond motifs is 2. The van der Waals surface area contributed by atoms with Crippen molar-refractivity contribution in [1.29, 1.82) is 0 Å². The van der Waals surface area contributed by atoms with E-state index in [0.29, 0.717) is 12.6 Å². The van der Waals surface area contributed by atoms with Gasteiger partial charge in [0.05, 0.1) is 6.61 Å². The van der Waals surface area contributed by atoms with Crippen molar-refractivity contribution < 1.29 is 5.11 Å². The zero-order chi connectivity index (χ0) is 7.14. The minimum atomic E-state index is 0.359. The van der Waals surface area contributed by atoms with Crippen LogP contribution in [0, 0.1) is 5.92 Å². The highest BCUT2D eigenvalue weighted by Crippen LogP contribution is 2.40. The summed E-state index contributed by atoms with van der Waals surface area (Å²) in [5, 5.41) is 9.02. The van der Waals surface area contributed by atoms with E-state index in [0.717, 1.165) is 12.0 Å². The molecule has 1 heterocycles. The maximum Gasteiger partial charge on any atom is 0.0589 e. The van der Waals surface area contributed by atoms with Gasteiger partial charge in [-0.05, 0) is 32.2 Å². The summed E-state index contributed by atoms with van der Waals surface area (Å²) in [5.74, 6) is 0.806. The van der Waals surface area contributed by atoms with Crippen molar-refractivity contribution >= 4 is 0 Å². The first-order chi connectivity index (χ1) is 4.83. The van der Waals surface area contributed by atoms with Gasteiger partial charge in [0.25, 0.3) is 0 Å². The maximum atomic E-state index is 9.02. The lowest BCUT2D eigenvalue weighted by Crippen LogP contribution is -2.39. The molecule has 0 spiro atoms. The molecule has 0 aromatic carbocycles. The summed E-state index contributed by atoms with van der Waals surface area (Å²) in [4.78, 5) is 2.36. The Morgan fingerprint density at radius 3 is 2.70 bits per heavy atom. The number of hydrogen-bond acceptors (Lipinski definition) is 2. The van der Waals surface area contributed by atoms with Crippen LogP contribution in [0.25, 0.3) is 0 Å². The van der Waals surface area contributed by atoms with E-state index in [1.165, 1.54) is 19.3 Å². The van der Waals surface area contributed by atoms with Gasteiger partial charge in [0.15, 0.2) is 0 Å². The Labute approximate surface area is 61.8 Å². The lowest BCUT2D eigenvalue weighted by molar-refractivity contribution is 0.108. The predicted octanol–water partition coefficient (Wildman–Crippen LogP) is 0.461. The Morgan fingerprint density at radius 1 is 1.50 bits per heavy atom. The first kappa shape index (κ1) is 6.62. The van der Waals surface area contributed by atoms with E-state index in [-0.39, 0.29) is 0 Å². The summed E-state index contributed by atoms with van der Waals surface area (Å²) in [6.45, 7) is 0.359. The van der Waals surface area contributed by atoms with Crippen molar-refractivity contribution in [3.63, 3.8) is 0 Å². The highest BCUT2D eigenvalue weighted by atomic mass is 16.3. The number of hydrogen-bond donors (Lipinski definition) is 1. The fourth-order valence-electron chi connectivity index (χ4n) is 2.59. The predicted molar refractivity (Wildman–Crippen MR) is 39.8 cm³/mol. The monoisotopic (exact) mass is 141 g/mol. The third kappa shape index (κ3) is 0.722. The summed E-state index contributed by atoms with van der Waals surface area (Å²) in [6.07, 6.45) is 4.04. The molecule has 0 radical (unpaired) electrons. The fourth-order valence-corrected chi connectivity index (χ4v) is 2.59. The molecule has 1 saturated carbocycles. The summed E-state index contributed by atoms with van der Waals surface area (Å²) in [7, 11) is 2.14. The van der Waals surface area contributed by atoms with Crippen molar-refractivity contribution in [3.8, 4) is 0 Å². The van der Waals surface area contributed by atoms with Crippen molar-refractivity contribution in [3.05, 3.63) is 0 Å². The van der Waals surface area contributed by atoms with Crippen molar-refractivity contribution in [2.45, 2.75) is 31.3 Å². The quantitative estimate of drug-likeness (QED) is 0.573. The highest BCUT2D eigenvalue weighted by Gasteiger charge is 2.42. The topological polar surface area (TPSA) is 23.5 Å². The molecule has 2 rings (SSSR count). The van der Waals surface area contributed by atoms with Gasteiger partial charge >= 0.3 is 0 Å². The zero-order valence-corrected chi connectivity index (χ0v) is 6.45. The van der Waals surface area contributed by atoms with Gasteiger partial charge in [-0.1, -0.05) is 0 Å². The number of aliphatic hydroxyl groups excluding tert-OH is 1. The van der Waals surface area contributed by atoms with Gasteiger partial charge < -0.3 is 5.11 Å². The highest BCUT2D eigenvalue weighted by molar-refractivity contribution is 4.97. The van der Waals surface area contributed by atoms with Gasteiger partial charge in [-0.2, -0.15) is 0 Å². The van der Waals surface area contributed by atoms with E-state index in [4.69, 9.17) is 5.11 Å². The molecule has 0 amide bonds. The first-order valence-electron chi connectivity index (χ1n) is 4.15. The lowest BCUT2D eigenvalue weighted by atomic mass is 10.0. The standard InChI is InChI=1S/C8H15NO/c1-9-7-3-2-6(4-7)8(9)5-10/h6-8,10H,2-5H2,1H3/t6-,7+,8-/m1/s1. The van der Waals surface area contributed by atoms with Crippen molar-refractivity contribution in [2.75, 3.05) is 13.7 Å². The number of likely N-dealkylation sites (N-methyl/N-ethyl adjacent to an activating group) is 1. The molecule has 1 N–H and O–H groups in total. The van der Waals surface area contributed by atoms with Gasteiger partial charge in [-0.25, -0.2) is 0 Å². The molecule has 0 aromatic rings. The number of aliphatic hydroxyl groups is 1. The number of nitrogens with zero attached hydrogens (tertiary/aromatic N) is 1. The van der Waals surface area contributed by atoms with Gasteiger partial charge in [0, 0.05) is 12.1 Å². The zero-order valence-electron chi connectivity index (χ0n) is 6.45. The third-order valence-electron chi connectivity index (χ3n) is 3.28. The minimum absolute atomic E-state index is 0.359. The van der Waals surface area contributed by atoms with E-state index in [1.54, 1.807) is 0 Å². The van der Waals surface area contributed by atoms with Crippen LogP contribution in [0.15, 0.2) is 0 Å². The minimum Gasteiger partial charge on any atom is -0.395 e. The van der Waals surface area contributed by atoms with E-state index >= 15 is 0 Å². The average Bonchev–Trinajstić information content (AvgIpc) is 2.46. The van der Waals surface area contributed by atoms with Crippen LogP contribution < -0.4 is 0 Å². The average molecular weight is 141 g/mol. The molecule has 2 aliphatic rings. The SMILES string of the molecule is CN1[C@H]2CC[C@H](C2)[C@H]1CO. The van der Waals surface area contributed by atoms with Crippen LogP contribution in [0.2, 0.25) is 0 Å². The number of likely N-dealkylation sites (tertiary alicyclic amines) is 1. The van der Waals surface area contributed by atoms with Crippen LogP contribution in [0.4, 0.5) is 0 Å². The lowest BCUT2D eigenvalue weighted by Gasteiger charge is -2.30. The molecule has 10 heavy (non-hydrogen) atoms. The molecule has 1 aliphatic carbocycles. The maximum absolute atomic E-state index is 9.02. The van der Waals surface area contributed by atoms with Crippen molar-refractivity contribution in [2.24, 2.45) is 5.92 Å². The van der Waals surface area contributed by atoms with Gasteiger partial charge in [-0.3, -0.25) is 4.90 Å². The molecule has 0 unspecified atom stereocenters. The first-order valence-corrected chi connectivity index (χ1v) is 4.15. The Morgan fingerprint density at radius 2 is 2.30 bits per heavy atom. The molecule has 2 fully saturated rings. The molecule has 1 saturated heterocycles. The second-order valence-electron chi connectivity index (χ2n) is 3.64. The van der Waals surface area contributed by atoms with E-state index < -0.39 is 0 Å². The van der Waals surface area contributed by atoms with Gasteiger partial charge in [0.2, 0.25) is 0 Å². The Kier molecular flexibility index (Phi) is 1.46. The molecule has 2 nitrogen and oxygen atoms in total. The van der Waals surface area contributed by atoms with Crippen LogP contribution in [0.3, 0.4) is 0 Å². The molecular weight excluding hydrogens is 126 g/mol. The van der Waals surface area contributed by atoms with Crippen LogP contribution in [-0.4, -0.2) is 35.7 Å². The van der Waals surface area contributed by atoms with Crippen LogP contribution in [-0.2, 0) is 0 Å². The molecule has 3 atom stereocenters. The summed E-state index contributed by atoms with van der Waals surface area (Å²) in [6, 6.07) is 1.28. The molecule has 1 aliphatic heterocycles. The van der Waals surface area contributed by atoms with Gasteiger partial charge in [-0.15, -0.1) is 0 Å². The smallest absolute Gasteiger partial charge is 0.0589 e. The third-order valence-corrected chi connectivity index (χ3v) is 3.28.